The van der Waals surface area contributed by atoms with E-state index in [9.17, 15) is 0 Å². The Bertz CT molecular complexity index is 607. The maximum absolute atomic E-state index is 5.51. The highest BCUT2D eigenvalue weighted by molar-refractivity contribution is 9.13. The molecule has 2 heterocycles. The zero-order chi connectivity index (χ0) is 14.1. The van der Waals surface area contributed by atoms with Gasteiger partial charge in [0.1, 0.15) is 0 Å². The third-order valence-corrected chi connectivity index (χ3v) is 6.76. The summed E-state index contributed by atoms with van der Waals surface area (Å²) in [6.45, 7) is 4.56. The number of fused-ring (bicyclic) bond motifs is 1. The fourth-order valence-corrected chi connectivity index (χ4v) is 4.66. The van der Waals surface area contributed by atoms with Crippen molar-refractivity contribution in [3.8, 4) is 0 Å². The van der Waals surface area contributed by atoms with E-state index in [2.05, 4.69) is 68.4 Å². The van der Waals surface area contributed by atoms with E-state index in [-0.39, 0.29) is 6.04 Å². The van der Waals surface area contributed by atoms with Gasteiger partial charge in [-0.1, -0.05) is 25.1 Å². The molecule has 0 spiro atoms. The number of benzene rings is 1. The van der Waals surface area contributed by atoms with Crippen molar-refractivity contribution in [2.24, 2.45) is 0 Å². The molecule has 1 unspecified atom stereocenters. The third-order valence-electron chi connectivity index (χ3n) is 3.44. The van der Waals surface area contributed by atoms with Gasteiger partial charge in [0.25, 0.3) is 0 Å². The molecular weight excluding hydrogens is 402 g/mol. The van der Waals surface area contributed by atoms with Crippen molar-refractivity contribution in [1.29, 1.82) is 0 Å². The molecule has 0 radical (unpaired) electrons. The molecule has 1 aromatic heterocycles. The monoisotopic (exact) mass is 415 g/mol. The van der Waals surface area contributed by atoms with Crippen molar-refractivity contribution in [1.82, 2.24) is 5.32 Å². The average molecular weight is 417 g/mol. The zero-order valence-corrected chi connectivity index (χ0v) is 15.1. The molecule has 1 aromatic carbocycles. The quantitative estimate of drug-likeness (QED) is 0.756. The van der Waals surface area contributed by atoms with Gasteiger partial charge in [0.15, 0.2) is 0 Å². The summed E-state index contributed by atoms with van der Waals surface area (Å²) in [5.41, 5.74) is 3.94. The van der Waals surface area contributed by atoms with E-state index in [1.807, 2.05) is 0 Å². The lowest BCUT2D eigenvalue weighted by Gasteiger charge is -2.17. The predicted molar refractivity (Wildman–Crippen MR) is 90.2 cm³/mol. The molecule has 106 valence electrons. The fourth-order valence-electron chi connectivity index (χ4n) is 2.46. The summed E-state index contributed by atoms with van der Waals surface area (Å²) in [7, 11) is 0. The van der Waals surface area contributed by atoms with Crippen LogP contribution in [0.5, 0.6) is 0 Å². The molecule has 2 aromatic rings. The van der Waals surface area contributed by atoms with Crippen LogP contribution in [0.2, 0.25) is 0 Å². The van der Waals surface area contributed by atoms with Gasteiger partial charge in [0.05, 0.1) is 23.0 Å². The Labute approximate surface area is 139 Å². The summed E-state index contributed by atoms with van der Waals surface area (Å²) in [6, 6.07) is 9.10. The summed E-state index contributed by atoms with van der Waals surface area (Å²) in [5, 5.41) is 3.57. The van der Waals surface area contributed by atoms with E-state index < -0.39 is 0 Å². The minimum atomic E-state index is 0.235. The van der Waals surface area contributed by atoms with Crippen LogP contribution in [-0.4, -0.2) is 6.54 Å². The first-order valence-corrected chi connectivity index (χ1v) is 8.97. The van der Waals surface area contributed by atoms with Gasteiger partial charge in [-0.05, 0) is 61.2 Å². The summed E-state index contributed by atoms with van der Waals surface area (Å²) in [5.74, 6) is 0. The van der Waals surface area contributed by atoms with Crippen LogP contribution in [0, 0.1) is 0 Å². The number of hydrogen-bond acceptors (Lipinski definition) is 3. The van der Waals surface area contributed by atoms with Gasteiger partial charge in [0, 0.05) is 9.35 Å². The minimum Gasteiger partial charge on any atom is -0.372 e. The third kappa shape index (κ3) is 2.88. The van der Waals surface area contributed by atoms with E-state index in [0.717, 1.165) is 28.0 Å². The van der Waals surface area contributed by atoms with E-state index in [4.69, 9.17) is 4.74 Å². The first-order chi connectivity index (χ1) is 9.69. The molecule has 5 heteroatoms. The van der Waals surface area contributed by atoms with Gasteiger partial charge in [-0.3, -0.25) is 0 Å². The lowest BCUT2D eigenvalue weighted by atomic mass is 10.00. The van der Waals surface area contributed by atoms with Crippen molar-refractivity contribution in [3.63, 3.8) is 0 Å². The molecule has 1 N–H and O–H groups in total. The van der Waals surface area contributed by atoms with Crippen LogP contribution in [0.25, 0.3) is 0 Å². The molecule has 3 rings (SSSR count). The Morgan fingerprint density at radius 1 is 1.25 bits per heavy atom. The molecule has 0 saturated heterocycles. The SMILES string of the molecule is CCNC(c1ccc2c(c1)COC2)c1cc(Br)c(Br)s1. The molecule has 1 aliphatic rings. The Morgan fingerprint density at radius 3 is 2.75 bits per heavy atom. The average Bonchev–Trinajstić information content (AvgIpc) is 3.02. The van der Waals surface area contributed by atoms with E-state index in [0.29, 0.717) is 0 Å². The molecule has 0 bridgehead atoms. The largest absolute Gasteiger partial charge is 0.372 e. The molecule has 0 fully saturated rings. The normalized spacial score (nSPS) is 15.3. The molecule has 1 aliphatic heterocycles. The Morgan fingerprint density at radius 2 is 2.05 bits per heavy atom. The van der Waals surface area contributed by atoms with Crippen LogP contribution in [0.3, 0.4) is 0 Å². The molecule has 2 nitrogen and oxygen atoms in total. The van der Waals surface area contributed by atoms with Gasteiger partial charge in [0.2, 0.25) is 0 Å². The van der Waals surface area contributed by atoms with Crippen LogP contribution in [0.4, 0.5) is 0 Å². The van der Waals surface area contributed by atoms with Gasteiger partial charge in [-0.15, -0.1) is 11.3 Å². The highest BCUT2D eigenvalue weighted by Crippen LogP contribution is 2.38. The smallest absolute Gasteiger partial charge is 0.0843 e. The Balaban J connectivity index is 1.98. The lowest BCUT2D eigenvalue weighted by Crippen LogP contribution is -2.21. The molecule has 0 amide bonds. The number of rotatable bonds is 4. The number of halogens is 2. The van der Waals surface area contributed by atoms with E-state index in [1.54, 1.807) is 11.3 Å². The van der Waals surface area contributed by atoms with Crippen molar-refractivity contribution < 1.29 is 4.74 Å². The standard InChI is InChI=1S/C15H15Br2NOS/c1-2-18-14(13-6-12(16)15(17)20-13)9-3-4-10-7-19-8-11(10)5-9/h3-6,14,18H,2,7-8H2,1H3. The maximum Gasteiger partial charge on any atom is 0.0843 e. The van der Waals surface area contributed by atoms with Crippen molar-refractivity contribution >= 4 is 43.2 Å². The van der Waals surface area contributed by atoms with Crippen LogP contribution in [0.1, 0.15) is 34.5 Å². The van der Waals surface area contributed by atoms with Gasteiger partial charge >= 0.3 is 0 Å². The second-order valence-electron chi connectivity index (χ2n) is 4.78. The van der Waals surface area contributed by atoms with Gasteiger partial charge in [-0.25, -0.2) is 0 Å². The molecular formula is C15H15Br2NOS. The lowest BCUT2D eigenvalue weighted by molar-refractivity contribution is 0.134. The van der Waals surface area contributed by atoms with Crippen molar-refractivity contribution in [2.75, 3.05) is 6.54 Å². The van der Waals surface area contributed by atoms with E-state index in [1.165, 1.54) is 21.6 Å². The van der Waals surface area contributed by atoms with Crippen LogP contribution in [0.15, 0.2) is 32.5 Å². The van der Waals surface area contributed by atoms with Crippen molar-refractivity contribution in [2.45, 2.75) is 26.2 Å². The summed E-state index contributed by atoms with van der Waals surface area (Å²) >= 11 is 8.92. The summed E-state index contributed by atoms with van der Waals surface area (Å²) in [4.78, 5) is 1.31. The van der Waals surface area contributed by atoms with Gasteiger partial charge < -0.3 is 10.1 Å². The molecule has 20 heavy (non-hydrogen) atoms. The highest BCUT2D eigenvalue weighted by atomic mass is 79.9. The summed E-state index contributed by atoms with van der Waals surface area (Å²) in [6.07, 6.45) is 0. The fraction of sp³-hybridized carbons (Fsp3) is 0.333. The Hall–Kier alpha value is -0.200. The van der Waals surface area contributed by atoms with Crippen LogP contribution < -0.4 is 5.32 Å². The molecule has 0 saturated carbocycles. The number of thiophene rings is 1. The number of hydrogen-bond donors (Lipinski definition) is 1. The number of ether oxygens (including phenoxy) is 1. The topological polar surface area (TPSA) is 21.3 Å². The van der Waals surface area contributed by atoms with E-state index >= 15 is 0 Å². The minimum absolute atomic E-state index is 0.235. The molecule has 1 atom stereocenters. The second-order valence-corrected chi connectivity index (χ2v) is 8.04. The predicted octanol–water partition coefficient (Wildman–Crippen LogP) is 5.00. The number of nitrogens with one attached hydrogen (secondary N) is 1. The first-order valence-electron chi connectivity index (χ1n) is 6.56. The van der Waals surface area contributed by atoms with Crippen molar-refractivity contribution in [3.05, 3.63) is 54.1 Å². The second kappa shape index (κ2) is 6.28. The Kier molecular flexibility index (Phi) is 4.62. The summed E-state index contributed by atoms with van der Waals surface area (Å²) < 4.78 is 7.76. The molecule has 0 aliphatic carbocycles. The zero-order valence-electron chi connectivity index (χ0n) is 11.1. The first kappa shape index (κ1) is 14.7. The maximum atomic E-state index is 5.51. The van der Waals surface area contributed by atoms with Crippen LogP contribution >= 0.6 is 43.2 Å². The van der Waals surface area contributed by atoms with Gasteiger partial charge in [-0.2, -0.15) is 0 Å². The highest BCUT2D eigenvalue weighted by Gasteiger charge is 2.19. The van der Waals surface area contributed by atoms with Crippen LogP contribution in [-0.2, 0) is 18.0 Å².